The Labute approximate surface area is 96.9 Å². The van der Waals surface area contributed by atoms with Crippen LogP contribution in [0.15, 0.2) is 12.7 Å². The molecule has 1 unspecified atom stereocenters. The summed E-state index contributed by atoms with van der Waals surface area (Å²) in [6.07, 6.45) is 5.04. The average molecular weight is 226 g/mol. The van der Waals surface area contributed by atoms with E-state index in [0.29, 0.717) is 6.04 Å². The zero-order valence-electron chi connectivity index (χ0n) is 10.3. The summed E-state index contributed by atoms with van der Waals surface area (Å²) < 4.78 is 1.83. The summed E-state index contributed by atoms with van der Waals surface area (Å²) >= 11 is 0. The number of nitrogens with one attached hydrogen (secondary N) is 1. The largest absolute Gasteiger partial charge is 0.396 e. The summed E-state index contributed by atoms with van der Waals surface area (Å²) in [5.41, 5.74) is -0.0173. The van der Waals surface area contributed by atoms with Gasteiger partial charge in [-0.2, -0.15) is 5.10 Å². The van der Waals surface area contributed by atoms with Gasteiger partial charge in [0.25, 0.3) is 0 Å². The van der Waals surface area contributed by atoms with Gasteiger partial charge < -0.3 is 10.4 Å². The van der Waals surface area contributed by atoms with Gasteiger partial charge in [0.15, 0.2) is 0 Å². The Bertz CT molecular complexity index is 284. The normalized spacial score (nSPS) is 14.0. The number of aryl methyl sites for hydroxylation is 1. The number of rotatable bonds is 7. The fourth-order valence-electron chi connectivity index (χ4n) is 1.76. The van der Waals surface area contributed by atoms with Crippen LogP contribution in [0.2, 0.25) is 0 Å². The highest BCUT2D eigenvalue weighted by Gasteiger charge is 2.18. The molecular weight excluding hydrogens is 204 g/mol. The van der Waals surface area contributed by atoms with Gasteiger partial charge in [-0.3, -0.25) is 4.68 Å². The Kier molecular flexibility index (Phi) is 4.89. The van der Waals surface area contributed by atoms with Crippen LogP contribution in [0.1, 0.15) is 33.6 Å². The standard InChI is InChI=1S/C11H22N4O/c1-10(14-11(2,3)5-7-16)4-6-15-9-12-8-13-15/h8-10,14,16H,4-7H2,1-3H3. The van der Waals surface area contributed by atoms with Crippen molar-refractivity contribution in [3.8, 4) is 0 Å². The molecule has 0 aliphatic rings. The second kappa shape index (κ2) is 5.96. The van der Waals surface area contributed by atoms with E-state index in [4.69, 9.17) is 5.11 Å². The molecule has 5 nitrogen and oxygen atoms in total. The number of hydrogen-bond donors (Lipinski definition) is 2. The molecule has 5 heteroatoms. The first-order valence-electron chi connectivity index (χ1n) is 5.74. The molecule has 2 N–H and O–H groups in total. The molecule has 0 bridgehead atoms. The van der Waals surface area contributed by atoms with Gasteiger partial charge in [-0.1, -0.05) is 0 Å². The van der Waals surface area contributed by atoms with Crippen molar-refractivity contribution < 1.29 is 5.11 Å². The van der Waals surface area contributed by atoms with Crippen molar-refractivity contribution in [2.75, 3.05) is 6.61 Å². The van der Waals surface area contributed by atoms with Gasteiger partial charge in [0.2, 0.25) is 0 Å². The second-order valence-corrected chi connectivity index (χ2v) is 4.85. The molecule has 0 saturated carbocycles. The molecule has 0 aromatic carbocycles. The van der Waals surface area contributed by atoms with Crippen molar-refractivity contribution in [3.63, 3.8) is 0 Å². The molecule has 16 heavy (non-hydrogen) atoms. The van der Waals surface area contributed by atoms with Crippen LogP contribution in [0.5, 0.6) is 0 Å². The number of hydrogen-bond acceptors (Lipinski definition) is 4. The number of aliphatic hydroxyl groups is 1. The second-order valence-electron chi connectivity index (χ2n) is 4.85. The highest BCUT2D eigenvalue weighted by Crippen LogP contribution is 2.10. The van der Waals surface area contributed by atoms with Gasteiger partial charge >= 0.3 is 0 Å². The van der Waals surface area contributed by atoms with E-state index in [1.807, 2.05) is 4.68 Å². The molecule has 0 aliphatic carbocycles. The summed E-state index contributed by atoms with van der Waals surface area (Å²) in [6, 6.07) is 0.394. The van der Waals surface area contributed by atoms with E-state index in [1.54, 1.807) is 12.7 Å². The number of aliphatic hydroxyl groups excluding tert-OH is 1. The maximum Gasteiger partial charge on any atom is 0.137 e. The molecule has 92 valence electrons. The maximum absolute atomic E-state index is 8.93. The highest BCUT2D eigenvalue weighted by molar-refractivity contribution is 4.80. The molecule has 1 aromatic heterocycles. The summed E-state index contributed by atoms with van der Waals surface area (Å²) in [5, 5.41) is 16.5. The van der Waals surface area contributed by atoms with Crippen molar-refractivity contribution in [1.29, 1.82) is 0 Å². The lowest BCUT2D eigenvalue weighted by molar-refractivity contribution is 0.217. The molecule has 0 radical (unpaired) electrons. The van der Waals surface area contributed by atoms with Gasteiger partial charge in [0.1, 0.15) is 12.7 Å². The molecule has 1 atom stereocenters. The Balaban J connectivity index is 2.27. The van der Waals surface area contributed by atoms with Gasteiger partial charge in [-0.25, -0.2) is 4.98 Å². The first-order valence-corrected chi connectivity index (χ1v) is 5.74. The molecule has 1 heterocycles. The van der Waals surface area contributed by atoms with Crippen molar-refractivity contribution in [2.45, 2.75) is 51.7 Å². The zero-order chi connectivity index (χ0) is 12.0. The van der Waals surface area contributed by atoms with Crippen molar-refractivity contribution >= 4 is 0 Å². The van der Waals surface area contributed by atoms with Gasteiger partial charge in [-0.15, -0.1) is 0 Å². The third kappa shape index (κ3) is 4.72. The lowest BCUT2D eigenvalue weighted by Gasteiger charge is -2.29. The van der Waals surface area contributed by atoms with Crippen LogP contribution >= 0.6 is 0 Å². The molecule has 0 aliphatic heterocycles. The van der Waals surface area contributed by atoms with Crippen LogP contribution in [-0.4, -0.2) is 38.1 Å². The predicted molar refractivity (Wildman–Crippen MR) is 63.0 cm³/mol. The lowest BCUT2D eigenvalue weighted by atomic mass is 9.99. The van der Waals surface area contributed by atoms with E-state index in [1.165, 1.54) is 0 Å². The predicted octanol–water partition coefficient (Wildman–Crippen LogP) is 0.807. The minimum atomic E-state index is -0.0173. The van der Waals surface area contributed by atoms with Crippen LogP contribution in [0, 0.1) is 0 Å². The monoisotopic (exact) mass is 226 g/mol. The van der Waals surface area contributed by atoms with E-state index >= 15 is 0 Å². The molecule has 1 rings (SSSR count). The summed E-state index contributed by atoms with van der Waals surface area (Å²) in [7, 11) is 0. The number of aromatic nitrogens is 3. The first kappa shape index (κ1) is 13.1. The molecule has 0 fully saturated rings. The zero-order valence-corrected chi connectivity index (χ0v) is 10.3. The van der Waals surface area contributed by atoms with Crippen LogP contribution in [0.4, 0.5) is 0 Å². The van der Waals surface area contributed by atoms with Crippen molar-refractivity contribution in [3.05, 3.63) is 12.7 Å². The summed E-state index contributed by atoms with van der Waals surface area (Å²) in [5.74, 6) is 0. The quantitative estimate of drug-likeness (QED) is 0.722. The Morgan fingerprint density at radius 1 is 1.50 bits per heavy atom. The van der Waals surface area contributed by atoms with E-state index < -0.39 is 0 Å². The minimum absolute atomic E-state index is 0.0173. The molecule has 0 saturated heterocycles. The van der Waals surface area contributed by atoms with Gasteiger partial charge in [-0.05, 0) is 33.6 Å². The van der Waals surface area contributed by atoms with Crippen molar-refractivity contribution in [1.82, 2.24) is 20.1 Å². The van der Waals surface area contributed by atoms with Crippen LogP contribution in [0.25, 0.3) is 0 Å². The van der Waals surface area contributed by atoms with E-state index in [9.17, 15) is 0 Å². The molecule has 0 amide bonds. The maximum atomic E-state index is 8.93. The van der Waals surface area contributed by atoms with E-state index in [2.05, 4.69) is 36.2 Å². The summed E-state index contributed by atoms with van der Waals surface area (Å²) in [6.45, 7) is 7.44. The topological polar surface area (TPSA) is 63.0 Å². The average Bonchev–Trinajstić information content (AvgIpc) is 2.66. The Morgan fingerprint density at radius 2 is 2.25 bits per heavy atom. The highest BCUT2D eigenvalue weighted by atomic mass is 16.3. The minimum Gasteiger partial charge on any atom is -0.396 e. The summed E-state index contributed by atoms with van der Waals surface area (Å²) in [4.78, 5) is 3.90. The van der Waals surface area contributed by atoms with Crippen LogP contribution in [-0.2, 0) is 6.54 Å². The Hall–Kier alpha value is -0.940. The lowest BCUT2D eigenvalue weighted by Crippen LogP contribution is -2.45. The third-order valence-electron chi connectivity index (χ3n) is 2.63. The van der Waals surface area contributed by atoms with Crippen molar-refractivity contribution in [2.24, 2.45) is 0 Å². The Morgan fingerprint density at radius 3 is 2.81 bits per heavy atom. The molecular formula is C11H22N4O. The third-order valence-corrected chi connectivity index (χ3v) is 2.63. The fraction of sp³-hybridized carbons (Fsp3) is 0.818. The first-order chi connectivity index (χ1) is 7.53. The number of nitrogens with zero attached hydrogens (tertiary/aromatic N) is 3. The fourth-order valence-corrected chi connectivity index (χ4v) is 1.76. The molecule has 1 aromatic rings. The van der Waals surface area contributed by atoms with E-state index in [-0.39, 0.29) is 12.1 Å². The van der Waals surface area contributed by atoms with Crippen LogP contribution < -0.4 is 5.32 Å². The van der Waals surface area contributed by atoms with Gasteiger partial charge in [0.05, 0.1) is 0 Å². The molecule has 0 spiro atoms. The van der Waals surface area contributed by atoms with Gasteiger partial charge in [0, 0.05) is 24.7 Å². The SMILES string of the molecule is CC(CCn1cncn1)NC(C)(C)CCO. The van der Waals surface area contributed by atoms with Crippen LogP contribution in [0.3, 0.4) is 0 Å². The van der Waals surface area contributed by atoms with E-state index in [0.717, 1.165) is 19.4 Å². The smallest absolute Gasteiger partial charge is 0.137 e.